The van der Waals surface area contributed by atoms with Crippen LogP contribution in [0, 0.1) is 5.92 Å². The Balaban J connectivity index is 1.11. The fourth-order valence-corrected chi connectivity index (χ4v) is 14.0. The monoisotopic (exact) mass is 1660 g/mol. The highest BCUT2D eigenvalue weighted by molar-refractivity contribution is 6.30. The topological polar surface area (TPSA) is 455 Å². The van der Waals surface area contributed by atoms with Gasteiger partial charge in [-0.15, -0.1) is 0 Å². The second kappa shape index (κ2) is 45.8. The molecule has 0 aliphatic carbocycles. The number of imide groups is 1. The van der Waals surface area contributed by atoms with Crippen molar-refractivity contribution >= 4 is 116 Å². The normalized spacial score (nSPS) is 16.1. The van der Waals surface area contributed by atoms with Crippen LogP contribution >= 0.6 is 11.6 Å². The molecule has 0 unspecified atom stereocenters. The molecule has 6 aromatic rings. The summed E-state index contributed by atoms with van der Waals surface area (Å²) >= 11 is 6.28. The van der Waals surface area contributed by atoms with E-state index >= 15 is 28.8 Å². The van der Waals surface area contributed by atoms with E-state index in [1.807, 2.05) is 82.1 Å². The van der Waals surface area contributed by atoms with Crippen molar-refractivity contribution in [2.45, 2.75) is 204 Å². The largest absolute Gasteiger partial charge is 0.396 e. The lowest BCUT2D eigenvalue weighted by atomic mass is 9.99. The third-order valence-electron chi connectivity index (χ3n) is 20.4. The number of carbonyl (C=O) groups is 14. The minimum absolute atomic E-state index is 0.0129. The molecular formula is C86H111ClN16O16. The third-order valence-corrected chi connectivity index (χ3v) is 20.7. The van der Waals surface area contributed by atoms with Crippen molar-refractivity contribution in [1.29, 1.82) is 0 Å². The minimum Gasteiger partial charge on any atom is -0.396 e. The number of hydrogen-bond acceptors (Lipinski definition) is 19. The van der Waals surface area contributed by atoms with Gasteiger partial charge < -0.3 is 83.8 Å². The van der Waals surface area contributed by atoms with E-state index in [1.165, 1.54) is 55.4 Å². The number of fused-ring (bicyclic) bond motifs is 1. The number of unbranched alkanes of at least 4 members (excludes halogenated alkanes) is 1. The summed E-state index contributed by atoms with van der Waals surface area (Å²) < 4.78 is 0. The molecule has 2 saturated heterocycles. The number of aliphatic hydroxyl groups is 2. The molecular weight excluding hydrogens is 1550 g/mol. The van der Waals surface area contributed by atoms with Gasteiger partial charge >= 0.3 is 6.03 Å². The summed E-state index contributed by atoms with van der Waals surface area (Å²) in [6, 6.07) is 20.0. The van der Waals surface area contributed by atoms with Crippen molar-refractivity contribution in [1.82, 2.24) is 73.7 Å². The Labute approximate surface area is 697 Å². The Hall–Kier alpha value is -11.7. The Bertz CT molecular complexity index is 4510. The Morgan fingerprint density at radius 1 is 0.555 bits per heavy atom. The number of anilines is 2. The molecule has 11 atom stereocenters. The number of ketones is 1. The molecule has 15 N–H and O–H groups in total. The lowest BCUT2D eigenvalue weighted by Gasteiger charge is -2.31. The molecule has 2 aliphatic heterocycles. The quantitative estimate of drug-likeness (QED) is 0.0244. The minimum atomic E-state index is -1.90. The van der Waals surface area contributed by atoms with Gasteiger partial charge in [0.05, 0.1) is 19.1 Å². The van der Waals surface area contributed by atoms with Gasteiger partial charge in [0, 0.05) is 101 Å². The number of nitrogens with one attached hydrogen (secondary N) is 13. The summed E-state index contributed by atoms with van der Waals surface area (Å²) in [4.78, 5) is 204. The molecule has 0 saturated carbocycles. The van der Waals surface area contributed by atoms with Crippen LogP contribution in [-0.4, -0.2) is 215 Å². The predicted octanol–water partition coefficient (Wildman–Crippen LogP) is 2.95. The first-order chi connectivity index (χ1) is 56.8. The highest BCUT2D eigenvalue weighted by Gasteiger charge is 2.41. The fourth-order valence-electron chi connectivity index (χ4n) is 13.9. The highest BCUT2D eigenvalue weighted by atomic mass is 35.5. The molecule has 1 aromatic heterocycles. The van der Waals surface area contributed by atoms with Crippen LogP contribution in [0.1, 0.15) is 128 Å². The van der Waals surface area contributed by atoms with E-state index in [0.29, 0.717) is 78.0 Å². The first kappa shape index (κ1) is 92.8. The summed E-state index contributed by atoms with van der Waals surface area (Å²) in [7, 11) is 1.83. The summed E-state index contributed by atoms with van der Waals surface area (Å²) in [6.07, 6.45) is 3.94. The zero-order valence-corrected chi connectivity index (χ0v) is 69.1. The third kappa shape index (κ3) is 29.4. The molecule has 0 radical (unpaired) electrons. The van der Waals surface area contributed by atoms with Gasteiger partial charge in [-0.2, -0.15) is 0 Å². The Morgan fingerprint density at radius 3 is 1.61 bits per heavy atom. The first-order valence-corrected chi connectivity index (χ1v) is 40.6. The van der Waals surface area contributed by atoms with Gasteiger partial charge in [-0.25, -0.2) is 4.79 Å². The summed E-state index contributed by atoms with van der Waals surface area (Å²) in [5.41, 5.74) is 3.39. The first-order valence-electron chi connectivity index (χ1n) is 40.2. The number of aliphatic hydroxyl groups excluding tert-OH is 2. The van der Waals surface area contributed by atoms with Crippen molar-refractivity contribution < 1.29 is 77.3 Å². The molecule has 0 bridgehead atoms. The smallest absolute Gasteiger partial charge is 0.322 e. The molecule has 14 amide bonds. The van der Waals surface area contributed by atoms with Crippen LogP contribution in [0.15, 0.2) is 140 Å². The molecule has 638 valence electrons. The van der Waals surface area contributed by atoms with E-state index in [9.17, 15) is 48.6 Å². The van der Waals surface area contributed by atoms with E-state index in [0.717, 1.165) is 16.5 Å². The average Bonchev–Trinajstić information content (AvgIpc) is 1.82. The molecule has 3 heterocycles. The van der Waals surface area contributed by atoms with Gasteiger partial charge in [-0.1, -0.05) is 124 Å². The number of benzene rings is 5. The predicted molar refractivity (Wildman–Crippen MR) is 447 cm³/mol. The number of urea groups is 1. The maximum Gasteiger partial charge on any atom is 0.322 e. The van der Waals surface area contributed by atoms with Crippen molar-refractivity contribution in [3.05, 3.63) is 173 Å². The van der Waals surface area contributed by atoms with Gasteiger partial charge in [-0.3, -0.25) is 72.6 Å². The second-order valence-corrected chi connectivity index (χ2v) is 31.4. The molecule has 8 rings (SSSR count). The molecule has 2 aliphatic rings. The van der Waals surface area contributed by atoms with Crippen molar-refractivity contribution in [3.63, 3.8) is 0 Å². The van der Waals surface area contributed by atoms with E-state index in [4.69, 9.17) is 11.6 Å². The number of amides is 14. The number of aromatic nitrogens is 1. The summed E-state index contributed by atoms with van der Waals surface area (Å²) in [6.45, 7) is 11.9. The van der Waals surface area contributed by atoms with Crippen LogP contribution in [-0.2, 0) is 94.4 Å². The van der Waals surface area contributed by atoms with Crippen LogP contribution in [0.5, 0.6) is 0 Å². The highest BCUT2D eigenvalue weighted by Crippen LogP contribution is 2.24. The molecule has 119 heavy (non-hydrogen) atoms. The van der Waals surface area contributed by atoms with E-state index in [1.54, 1.807) is 67.6 Å². The Kier molecular flexibility index (Phi) is 35.7. The molecule has 33 heteroatoms. The zero-order chi connectivity index (χ0) is 86.4. The maximum absolute atomic E-state index is 15.6. The van der Waals surface area contributed by atoms with Gasteiger partial charge in [0.25, 0.3) is 0 Å². The number of pyridine rings is 1. The molecule has 32 nitrogen and oxygen atoms in total. The average molecular weight is 1660 g/mol. The van der Waals surface area contributed by atoms with Crippen LogP contribution in [0.2, 0.25) is 5.02 Å². The standard InChI is InChI=1S/C86H111ClN16O16/c1-50(2)40-66(77(110)93-65(19-11-12-36-89-51(3)4)85(118)103-38-14-20-74(103)84(117)90-52(5)53(6)106)94-79(112)69(44-57-26-33-64(34-27-57)102(8)37-15-39-104)96-81(114)70(43-56-24-31-63(32-25-56)92-76(109)72-47-75(108)101-86(119)100-72)98-83(116)73(49-105)99-82(115)71(46-59-16-13-35-88-48-59)97-80(113)68(42-55-22-29-62(87)30-23-55)95-78(111)67(91-54(7)107)45-58-21-28-60-17-9-10-18-61(60)41-58/h9-10,13,16-18,21-35,41,48,50-52,65-74,89,104-105H,11-12,14-15,19-20,36-40,42-47,49H2,1-8H3,(H,90,117)(H,91,107)(H,92,109)(H,93,110)(H,94,112)(H,95,111)(H,96,114)(H,97,113)(H,98,116)(H,99,115)(H2,100,101,108,119)/t52-,65+,66+,67-,68-,69-,70+,71-,72+,73+,74+/m1/s1. The number of halogens is 1. The molecule has 2 fully saturated rings. The van der Waals surface area contributed by atoms with E-state index in [2.05, 4.69) is 74.1 Å². The number of carbonyl (C=O) groups excluding carboxylic acids is 14. The maximum atomic E-state index is 15.6. The van der Waals surface area contributed by atoms with Gasteiger partial charge in [0.2, 0.25) is 70.9 Å². The number of rotatable bonds is 44. The fraction of sp³-hybridized carbons (Fsp3) is 0.453. The van der Waals surface area contributed by atoms with Crippen LogP contribution in [0.4, 0.5) is 16.2 Å². The van der Waals surface area contributed by atoms with E-state index < -0.39 is 156 Å². The van der Waals surface area contributed by atoms with Gasteiger partial charge in [0.15, 0.2) is 5.78 Å². The lowest BCUT2D eigenvalue weighted by Crippen LogP contribution is -2.62. The van der Waals surface area contributed by atoms with Crippen LogP contribution in [0.3, 0.4) is 0 Å². The number of nitrogens with zero attached hydrogens (tertiary/aromatic N) is 3. The van der Waals surface area contributed by atoms with Crippen molar-refractivity contribution in [2.75, 3.05) is 50.1 Å². The SMILES string of the molecule is CC(=O)N[C@H](Cc1ccc2ccccc2c1)C(=O)N[C@H](Cc1ccc(Cl)cc1)C(=O)N[C@H](Cc1cccnc1)C(=O)N[C@@H](CO)C(=O)N[C@@H](Cc1ccc(NC(=O)[C@@H]2CC(=O)NC(=O)N2)cc1)C(=O)N[C@H](Cc1ccc(N(C)CCCO)cc1)C(=O)N[C@@H](CC(C)C)C(=O)N[C@@H](CCCCNC(C)C)C(=O)N1CCC[C@H]1C(=O)N[C@H](C)C(C)=O. The summed E-state index contributed by atoms with van der Waals surface area (Å²) in [5, 5.41) is 58.2. The lowest BCUT2D eigenvalue weighted by molar-refractivity contribution is -0.142. The second-order valence-electron chi connectivity index (χ2n) is 30.9. The van der Waals surface area contributed by atoms with Crippen LogP contribution < -0.4 is 74.0 Å². The number of likely N-dealkylation sites (tertiary alicyclic amines) is 1. The van der Waals surface area contributed by atoms with Crippen molar-refractivity contribution in [3.8, 4) is 0 Å². The zero-order valence-electron chi connectivity index (χ0n) is 68.3. The number of Topliss-reactive ketones (excluding diaryl/α,β-unsaturated/α-hetero) is 1. The van der Waals surface area contributed by atoms with E-state index in [-0.39, 0.29) is 81.5 Å². The van der Waals surface area contributed by atoms with Crippen molar-refractivity contribution in [2.24, 2.45) is 5.92 Å². The van der Waals surface area contributed by atoms with Gasteiger partial charge in [0.1, 0.15) is 60.4 Å². The Morgan fingerprint density at radius 2 is 1.07 bits per heavy atom. The summed E-state index contributed by atoms with van der Waals surface area (Å²) in [5.74, 6) is -10.0. The van der Waals surface area contributed by atoms with Gasteiger partial charge in [-0.05, 0) is 152 Å². The number of hydrogen-bond donors (Lipinski definition) is 15. The molecule has 5 aromatic carbocycles. The molecule has 0 spiro atoms. The van der Waals surface area contributed by atoms with Crippen LogP contribution in [0.25, 0.3) is 10.8 Å².